The number of benzene rings is 1. The number of carbonyl (C=O) groups is 1. The number of methoxy groups -OCH3 is 1. The van der Waals surface area contributed by atoms with Gasteiger partial charge in [-0.15, -0.1) is 11.8 Å². The van der Waals surface area contributed by atoms with Crippen LogP contribution in [0.2, 0.25) is 0 Å². The predicted octanol–water partition coefficient (Wildman–Crippen LogP) is 2.64. The van der Waals surface area contributed by atoms with Gasteiger partial charge in [-0.05, 0) is 30.9 Å². The van der Waals surface area contributed by atoms with Gasteiger partial charge in [0, 0.05) is 4.90 Å². The first-order chi connectivity index (χ1) is 6.60. The van der Waals surface area contributed by atoms with E-state index in [2.05, 4.69) is 4.74 Å². The molecule has 0 amide bonds. The Labute approximate surface area is 86.5 Å². The van der Waals surface area contributed by atoms with Crippen molar-refractivity contribution < 1.29 is 13.9 Å². The molecule has 0 heterocycles. The Morgan fingerprint density at radius 2 is 2.14 bits per heavy atom. The van der Waals surface area contributed by atoms with Gasteiger partial charge in [-0.1, -0.05) is 0 Å². The van der Waals surface area contributed by atoms with Gasteiger partial charge in [-0.25, -0.2) is 9.18 Å². The highest BCUT2D eigenvalue weighted by molar-refractivity contribution is 7.98. The van der Waals surface area contributed by atoms with E-state index >= 15 is 0 Å². The van der Waals surface area contributed by atoms with Crippen LogP contribution in [0.3, 0.4) is 0 Å². The fourth-order valence-corrected chi connectivity index (χ4v) is 1.76. The average Bonchev–Trinajstić information content (AvgIpc) is 2.17. The van der Waals surface area contributed by atoms with Crippen molar-refractivity contribution in [1.29, 1.82) is 0 Å². The Morgan fingerprint density at radius 1 is 1.50 bits per heavy atom. The van der Waals surface area contributed by atoms with E-state index in [0.29, 0.717) is 0 Å². The van der Waals surface area contributed by atoms with Crippen molar-refractivity contribution in [3.05, 3.63) is 29.1 Å². The molecule has 76 valence electrons. The van der Waals surface area contributed by atoms with Crippen LogP contribution in [0.1, 0.15) is 15.9 Å². The predicted molar refractivity (Wildman–Crippen MR) is 54.3 cm³/mol. The summed E-state index contributed by atoms with van der Waals surface area (Å²) in [4.78, 5) is 12.0. The zero-order chi connectivity index (χ0) is 10.7. The molecule has 1 rings (SSSR count). The zero-order valence-electron chi connectivity index (χ0n) is 8.26. The van der Waals surface area contributed by atoms with Crippen LogP contribution in [0.5, 0.6) is 0 Å². The molecule has 14 heavy (non-hydrogen) atoms. The lowest BCUT2D eigenvalue weighted by molar-refractivity contribution is 0.0595. The van der Waals surface area contributed by atoms with Crippen LogP contribution in [-0.2, 0) is 4.74 Å². The Balaban J connectivity index is 3.24. The Morgan fingerprint density at radius 3 is 2.64 bits per heavy atom. The van der Waals surface area contributed by atoms with Crippen molar-refractivity contribution in [1.82, 2.24) is 0 Å². The van der Waals surface area contributed by atoms with E-state index in [9.17, 15) is 9.18 Å². The van der Waals surface area contributed by atoms with Gasteiger partial charge < -0.3 is 4.74 Å². The van der Waals surface area contributed by atoms with Crippen LogP contribution >= 0.6 is 11.8 Å². The maximum Gasteiger partial charge on any atom is 0.340 e. The lowest BCUT2D eigenvalue weighted by atomic mass is 10.1. The summed E-state index contributed by atoms with van der Waals surface area (Å²) in [7, 11) is 1.24. The first-order valence-electron chi connectivity index (χ1n) is 4.02. The zero-order valence-corrected chi connectivity index (χ0v) is 9.07. The Kier molecular flexibility index (Phi) is 3.52. The van der Waals surface area contributed by atoms with E-state index in [1.54, 1.807) is 6.92 Å². The van der Waals surface area contributed by atoms with Crippen molar-refractivity contribution in [2.75, 3.05) is 13.4 Å². The van der Waals surface area contributed by atoms with Crippen molar-refractivity contribution in [2.24, 2.45) is 0 Å². The molecule has 0 unspecified atom stereocenters. The lowest BCUT2D eigenvalue weighted by Gasteiger charge is -2.06. The number of aryl methyl sites for hydroxylation is 1. The third-order valence-corrected chi connectivity index (χ3v) is 2.77. The Hall–Kier alpha value is -1.03. The molecule has 0 atom stereocenters. The maximum absolute atomic E-state index is 13.3. The van der Waals surface area contributed by atoms with Crippen LogP contribution in [0.25, 0.3) is 0 Å². The van der Waals surface area contributed by atoms with Crippen LogP contribution < -0.4 is 0 Å². The van der Waals surface area contributed by atoms with Crippen molar-refractivity contribution in [3.8, 4) is 0 Å². The topological polar surface area (TPSA) is 26.3 Å². The highest BCUT2D eigenvalue weighted by Crippen LogP contribution is 2.23. The number of hydrogen-bond acceptors (Lipinski definition) is 3. The second-order valence-electron chi connectivity index (χ2n) is 2.79. The molecule has 0 saturated carbocycles. The quantitative estimate of drug-likeness (QED) is 0.559. The molecule has 0 aliphatic heterocycles. The van der Waals surface area contributed by atoms with Gasteiger partial charge >= 0.3 is 5.97 Å². The molecule has 2 nitrogen and oxygen atoms in total. The number of ether oxygens (including phenoxy) is 1. The number of thioether (sulfide) groups is 1. The molecule has 0 N–H and O–H groups in total. The minimum atomic E-state index is -0.641. The summed E-state index contributed by atoms with van der Waals surface area (Å²) in [5.41, 5.74) is 0.810. The number of rotatable bonds is 2. The maximum atomic E-state index is 13.3. The molecule has 0 aliphatic rings. The summed E-state index contributed by atoms with van der Waals surface area (Å²) in [6.45, 7) is 1.80. The number of hydrogen-bond donors (Lipinski definition) is 0. The molecule has 0 spiro atoms. The third-order valence-electron chi connectivity index (χ3n) is 1.89. The molecule has 0 radical (unpaired) electrons. The van der Waals surface area contributed by atoms with Gasteiger partial charge in [0.2, 0.25) is 0 Å². The van der Waals surface area contributed by atoms with Crippen LogP contribution in [0.4, 0.5) is 4.39 Å². The minimum Gasteiger partial charge on any atom is -0.465 e. The van der Waals surface area contributed by atoms with Gasteiger partial charge in [0.15, 0.2) is 0 Å². The molecule has 0 aromatic heterocycles. The summed E-state index contributed by atoms with van der Waals surface area (Å²) in [6, 6.07) is 2.86. The summed E-state index contributed by atoms with van der Waals surface area (Å²) in [5, 5.41) is 0. The highest BCUT2D eigenvalue weighted by atomic mass is 32.2. The van der Waals surface area contributed by atoms with Crippen LogP contribution in [-0.4, -0.2) is 19.3 Å². The second kappa shape index (κ2) is 4.46. The SMILES string of the molecule is COC(=O)c1cc(SC)c(C)cc1F. The number of halogens is 1. The van der Waals surface area contributed by atoms with Gasteiger partial charge in [0.25, 0.3) is 0 Å². The van der Waals surface area contributed by atoms with E-state index in [1.165, 1.54) is 31.0 Å². The first kappa shape index (κ1) is 11.0. The third kappa shape index (κ3) is 2.07. The smallest absolute Gasteiger partial charge is 0.340 e. The van der Waals surface area contributed by atoms with Crippen molar-refractivity contribution in [3.63, 3.8) is 0 Å². The summed E-state index contributed by atoms with van der Waals surface area (Å²) in [6.07, 6.45) is 1.88. The standard InChI is InChI=1S/C10H11FO2S/c1-6-4-8(11)7(10(12)13-2)5-9(6)14-3/h4-5H,1-3H3. The van der Waals surface area contributed by atoms with E-state index < -0.39 is 11.8 Å². The summed E-state index contributed by atoms with van der Waals surface area (Å²) in [5.74, 6) is -1.18. The Bertz CT molecular complexity index is 363. The van der Waals surface area contributed by atoms with Crippen molar-refractivity contribution >= 4 is 17.7 Å². The monoisotopic (exact) mass is 214 g/mol. The minimum absolute atomic E-state index is 0.0116. The van der Waals surface area contributed by atoms with Crippen LogP contribution in [0, 0.1) is 12.7 Å². The highest BCUT2D eigenvalue weighted by Gasteiger charge is 2.14. The van der Waals surface area contributed by atoms with Gasteiger partial charge in [-0.2, -0.15) is 0 Å². The van der Waals surface area contributed by atoms with E-state index in [-0.39, 0.29) is 5.56 Å². The van der Waals surface area contributed by atoms with E-state index in [4.69, 9.17) is 0 Å². The lowest BCUT2D eigenvalue weighted by Crippen LogP contribution is -2.05. The van der Waals surface area contributed by atoms with Gasteiger partial charge in [0.1, 0.15) is 5.82 Å². The molecule has 1 aromatic rings. The molecule has 0 aliphatic carbocycles. The molecule has 0 fully saturated rings. The molecular formula is C10H11FO2S. The van der Waals surface area contributed by atoms with Gasteiger partial charge in [0.05, 0.1) is 12.7 Å². The largest absolute Gasteiger partial charge is 0.465 e. The van der Waals surface area contributed by atoms with Gasteiger partial charge in [-0.3, -0.25) is 0 Å². The van der Waals surface area contributed by atoms with E-state index in [1.807, 2.05) is 6.26 Å². The molecule has 0 bridgehead atoms. The molecule has 4 heteroatoms. The summed E-state index contributed by atoms with van der Waals surface area (Å²) >= 11 is 1.47. The van der Waals surface area contributed by atoms with E-state index in [0.717, 1.165) is 10.5 Å². The fourth-order valence-electron chi connectivity index (χ4n) is 1.14. The average molecular weight is 214 g/mol. The second-order valence-corrected chi connectivity index (χ2v) is 3.64. The number of esters is 1. The number of carbonyl (C=O) groups excluding carboxylic acids is 1. The molecule has 1 aromatic carbocycles. The van der Waals surface area contributed by atoms with Crippen molar-refractivity contribution in [2.45, 2.75) is 11.8 Å². The molecular weight excluding hydrogens is 203 g/mol. The fraction of sp³-hybridized carbons (Fsp3) is 0.300. The first-order valence-corrected chi connectivity index (χ1v) is 5.25. The van der Waals surface area contributed by atoms with Crippen LogP contribution in [0.15, 0.2) is 17.0 Å². The summed E-state index contributed by atoms with van der Waals surface area (Å²) < 4.78 is 17.8. The molecule has 0 saturated heterocycles. The normalized spacial score (nSPS) is 10.0.